The predicted molar refractivity (Wildman–Crippen MR) is 47.9 cm³/mol. The average molecular weight is 190 g/mol. The second-order valence-electron chi connectivity index (χ2n) is 3.28. The Kier molecular flexibility index (Phi) is 4.95. The van der Waals surface area contributed by atoms with E-state index in [4.69, 9.17) is 5.11 Å². The van der Waals surface area contributed by atoms with Crippen LogP contribution in [0, 0.1) is 0 Å². The Morgan fingerprint density at radius 2 is 2.08 bits per heavy atom. The van der Waals surface area contributed by atoms with E-state index >= 15 is 0 Å². The Morgan fingerprint density at radius 1 is 1.54 bits per heavy atom. The molecule has 2 atom stereocenters. The molecule has 0 heterocycles. The molecule has 2 N–H and O–H groups in total. The first-order valence-electron chi connectivity index (χ1n) is 4.55. The van der Waals surface area contributed by atoms with E-state index in [9.17, 15) is 9.90 Å². The highest BCUT2D eigenvalue weighted by molar-refractivity contribution is 5.78. The molecule has 0 amide bonds. The zero-order valence-corrected chi connectivity index (χ0v) is 8.41. The minimum Gasteiger partial charge on any atom is -0.434 e. The molecule has 0 aromatic carbocycles. The van der Waals surface area contributed by atoms with Gasteiger partial charge in [-0.25, -0.2) is 4.79 Å². The number of aliphatic hydroxyl groups is 2. The summed E-state index contributed by atoms with van der Waals surface area (Å²) >= 11 is 0. The first-order chi connectivity index (χ1) is 5.94. The van der Waals surface area contributed by atoms with Gasteiger partial charge in [0.2, 0.25) is 6.29 Å². The van der Waals surface area contributed by atoms with E-state index in [-0.39, 0.29) is 6.42 Å². The molecule has 0 radical (unpaired) electrons. The summed E-state index contributed by atoms with van der Waals surface area (Å²) in [4.78, 5) is 11.1. The molecular formula is C9H18O4. The number of ether oxygens (including phenoxy) is 1. The van der Waals surface area contributed by atoms with Crippen molar-refractivity contribution in [1.29, 1.82) is 0 Å². The van der Waals surface area contributed by atoms with E-state index < -0.39 is 17.9 Å². The van der Waals surface area contributed by atoms with Crippen molar-refractivity contribution in [2.24, 2.45) is 0 Å². The molecule has 0 rings (SSSR count). The topological polar surface area (TPSA) is 66.8 Å². The van der Waals surface area contributed by atoms with Crippen LogP contribution in [-0.2, 0) is 9.53 Å². The molecule has 0 aliphatic carbocycles. The van der Waals surface area contributed by atoms with Gasteiger partial charge in [0, 0.05) is 6.42 Å². The van der Waals surface area contributed by atoms with Crippen molar-refractivity contribution in [3.8, 4) is 0 Å². The molecule has 0 saturated heterocycles. The molecule has 78 valence electrons. The highest BCUT2D eigenvalue weighted by Crippen LogP contribution is 2.12. The Balaban J connectivity index is 3.99. The van der Waals surface area contributed by atoms with Crippen LogP contribution in [0.2, 0.25) is 0 Å². The Hall–Kier alpha value is -0.610. The second kappa shape index (κ2) is 5.19. The molecule has 0 spiro atoms. The minimum absolute atomic E-state index is 0.269. The third-order valence-electron chi connectivity index (χ3n) is 1.91. The lowest BCUT2D eigenvalue weighted by molar-refractivity contribution is -0.188. The van der Waals surface area contributed by atoms with Crippen molar-refractivity contribution in [3.05, 3.63) is 0 Å². The van der Waals surface area contributed by atoms with E-state index in [0.717, 1.165) is 6.42 Å². The Bertz CT molecular complexity index is 165. The number of carbonyl (C=O) groups is 1. The van der Waals surface area contributed by atoms with Crippen LogP contribution in [0.4, 0.5) is 0 Å². The molecule has 13 heavy (non-hydrogen) atoms. The number of esters is 1. The van der Waals surface area contributed by atoms with Gasteiger partial charge in [0.1, 0.15) is 0 Å². The standard InChI is InChI=1S/C9H18O4/c1-4-6-7(10)13-8(11)9(3,12)5-2/h7,10,12H,4-6H2,1-3H3/t7-,9-/m1/s1. The fourth-order valence-electron chi connectivity index (χ4n) is 0.701. The van der Waals surface area contributed by atoms with Crippen molar-refractivity contribution < 1.29 is 19.7 Å². The number of aliphatic hydroxyl groups excluding tert-OH is 1. The molecule has 0 aliphatic heterocycles. The van der Waals surface area contributed by atoms with Crippen LogP contribution in [-0.4, -0.2) is 28.1 Å². The van der Waals surface area contributed by atoms with Crippen LogP contribution in [0.25, 0.3) is 0 Å². The van der Waals surface area contributed by atoms with Gasteiger partial charge < -0.3 is 14.9 Å². The van der Waals surface area contributed by atoms with Gasteiger partial charge in [-0.3, -0.25) is 0 Å². The smallest absolute Gasteiger partial charge is 0.340 e. The largest absolute Gasteiger partial charge is 0.434 e. The molecule has 4 nitrogen and oxygen atoms in total. The number of carbonyl (C=O) groups excluding carboxylic acids is 1. The lowest BCUT2D eigenvalue weighted by atomic mass is 10.0. The van der Waals surface area contributed by atoms with Crippen molar-refractivity contribution in [1.82, 2.24) is 0 Å². The zero-order chi connectivity index (χ0) is 10.5. The summed E-state index contributed by atoms with van der Waals surface area (Å²) in [5.74, 6) is -0.768. The first kappa shape index (κ1) is 12.4. The van der Waals surface area contributed by atoms with Crippen molar-refractivity contribution in [3.63, 3.8) is 0 Å². The van der Waals surface area contributed by atoms with Gasteiger partial charge >= 0.3 is 5.97 Å². The summed E-state index contributed by atoms with van der Waals surface area (Å²) in [7, 11) is 0. The maximum Gasteiger partial charge on any atom is 0.340 e. The highest BCUT2D eigenvalue weighted by atomic mass is 16.6. The Labute approximate surface area is 78.5 Å². The third-order valence-corrected chi connectivity index (χ3v) is 1.91. The predicted octanol–water partition coefficient (Wildman–Crippen LogP) is 0.809. The monoisotopic (exact) mass is 190 g/mol. The first-order valence-corrected chi connectivity index (χ1v) is 4.55. The molecule has 0 aliphatic rings. The van der Waals surface area contributed by atoms with Crippen LogP contribution in [0.15, 0.2) is 0 Å². The molecule has 0 fully saturated rings. The molecule has 0 aromatic heterocycles. The van der Waals surface area contributed by atoms with E-state index in [1.165, 1.54) is 6.92 Å². The van der Waals surface area contributed by atoms with E-state index in [2.05, 4.69) is 4.74 Å². The Morgan fingerprint density at radius 3 is 2.46 bits per heavy atom. The van der Waals surface area contributed by atoms with Gasteiger partial charge in [-0.1, -0.05) is 20.3 Å². The van der Waals surface area contributed by atoms with Gasteiger partial charge in [-0.2, -0.15) is 0 Å². The zero-order valence-electron chi connectivity index (χ0n) is 8.41. The second-order valence-corrected chi connectivity index (χ2v) is 3.28. The fourth-order valence-corrected chi connectivity index (χ4v) is 0.701. The van der Waals surface area contributed by atoms with Crippen LogP contribution in [0.1, 0.15) is 40.0 Å². The van der Waals surface area contributed by atoms with E-state index in [0.29, 0.717) is 6.42 Å². The molecular weight excluding hydrogens is 172 g/mol. The van der Waals surface area contributed by atoms with Gasteiger partial charge in [0.25, 0.3) is 0 Å². The number of hydrogen-bond donors (Lipinski definition) is 2. The molecule has 0 saturated carbocycles. The quantitative estimate of drug-likeness (QED) is 0.497. The van der Waals surface area contributed by atoms with E-state index in [1.807, 2.05) is 6.92 Å². The summed E-state index contributed by atoms with van der Waals surface area (Å²) in [5.41, 5.74) is -1.49. The van der Waals surface area contributed by atoms with Gasteiger partial charge in [-0.05, 0) is 13.3 Å². The maximum atomic E-state index is 11.1. The lowest BCUT2D eigenvalue weighted by Crippen LogP contribution is -2.38. The average Bonchev–Trinajstić information content (AvgIpc) is 2.04. The molecule has 4 heteroatoms. The van der Waals surface area contributed by atoms with Crippen molar-refractivity contribution >= 4 is 5.97 Å². The fraction of sp³-hybridized carbons (Fsp3) is 0.889. The van der Waals surface area contributed by atoms with Crippen molar-refractivity contribution in [2.75, 3.05) is 0 Å². The summed E-state index contributed by atoms with van der Waals surface area (Å²) in [6.07, 6.45) is 0.286. The van der Waals surface area contributed by atoms with Gasteiger partial charge in [0.15, 0.2) is 5.60 Å². The maximum absolute atomic E-state index is 11.1. The summed E-state index contributed by atoms with van der Waals surface area (Å²) in [5, 5.41) is 18.5. The lowest BCUT2D eigenvalue weighted by Gasteiger charge is -2.21. The number of hydrogen-bond acceptors (Lipinski definition) is 4. The molecule has 0 aromatic rings. The van der Waals surface area contributed by atoms with Gasteiger partial charge in [-0.15, -0.1) is 0 Å². The summed E-state index contributed by atoms with van der Waals surface area (Å²) in [6, 6.07) is 0. The van der Waals surface area contributed by atoms with Gasteiger partial charge in [0.05, 0.1) is 0 Å². The SMILES string of the molecule is CCC[C@H](O)OC(=O)[C@](C)(O)CC. The third kappa shape index (κ3) is 4.24. The normalized spacial score (nSPS) is 17.6. The highest BCUT2D eigenvalue weighted by Gasteiger charge is 2.31. The molecule has 0 bridgehead atoms. The minimum atomic E-state index is -1.49. The van der Waals surface area contributed by atoms with Crippen molar-refractivity contribution in [2.45, 2.75) is 51.9 Å². The van der Waals surface area contributed by atoms with Crippen LogP contribution >= 0.6 is 0 Å². The molecule has 0 unspecified atom stereocenters. The summed E-state index contributed by atoms with van der Waals surface area (Å²) < 4.78 is 4.61. The van der Waals surface area contributed by atoms with Crippen LogP contribution in [0.5, 0.6) is 0 Å². The van der Waals surface area contributed by atoms with Crippen LogP contribution < -0.4 is 0 Å². The number of rotatable bonds is 5. The van der Waals surface area contributed by atoms with Crippen LogP contribution in [0.3, 0.4) is 0 Å². The summed E-state index contributed by atoms with van der Waals surface area (Å²) in [6.45, 7) is 4.91. The van der Waals surface area contributed by atoms with E-state index in [1.54, 1.807) is 6.92 Å².